The van der Waals surface area contributed by atoms with Crippen LogP contribution in [0.5, 0.6) is 0 Å². The second-order valence-corrected chi connectivity index (χ2v) is 5.13. The lowest BCUT2D eigenvalue weighted by Gasteiger charge is -2.04. The number of hydrogen-bond acceptors (Lipinski definition) is 3. The van der Waals surface area contributed by atoms with Gasteiger partial charge in [0.1, 0.15) is 11.5 Å². The molecule has 0 amide bonds. The summed E-state index contributed by atoms with van der Waals surface area (Å²) in [5.74, 6) is 0.812. The van der Waals surface area contributed by atoms with Gasteiger partial charge in [-0.3, -0.25) is 9.48 Å². The van der Waals surface area contributed by atoms with Gasteiger partial charge in [0, 0.05) is 31.4 Å². The van der Waals surface area contributed by atoms with Crippen LogP contribution in [0.3, 0.4) is 0 Å². The van der Waals surface area contributed by atoms with Crippen molar-refractivity contribution in [3.63, 3.8) is 0 Å². The summed E-state index contributed by atoms with van der Waals surface area (Å²) in [4.78, 5) is 16.9. The van der Waals surface area contributed by atoms with Crippen LogP contribution in [0.15, 0.2) is 36.7 Å². The van der Waals surface area contributed by atoms with Gasteiger partial charge in [0.25, 0.3) is 0 Å². The van der Waals surface area contributed by atoms with Gasteiger partial charge in [0.15, 0.2) is 5.78 Å². The number of imidazole rings is 1. The zero-order valence-electron chi connectivity index (χ0n) is 12.3. The highest BCUT2D eigenvalue weighted by Crippen LogP contribution is 2.19. The van der Waals surface area contributed by atoms with Crippen molar-refractivity contribution in [3.05, 3.63) is 48.2 Å². The fourth-order valence-corrected chi connectivity index (χ4v) is 2.60. The van der Waals surface area contributed by atoms with E-state index in [2.05, 4.69) is 17.0 Å². The van der Waals surface area contributed by atoms with E-state index < -0.39 is 0 Å². The average Bonchev–Trinajstić information content (AvgIpc) is 3.05. The van der Waals surface area contributed by atoms with Crippen molar-refractivity contribution in [1.82, 2.24) is 19.3 Å². The molecule has 0 spiro atoms. The van der Waals surface area contributed by atoms with Crippen molar-refractivity contribution in [2.75, 3.05) is 0 Å². The minimum absolute atomic E-state index is 0.00959. The molecule has 0 aliphatic carbocycles. The Hall–Kier alpha value is -2.43. The van der Waals surface area contributed by atoms with E-state index in [9.17, 15) is 4.79 Å². The van der Waals surface area contributed by atoms with Gasteiger partial charge in [0.05, 0.1) is 11.9 Å². The second-order valence-electron chi connectivity index (χ2n) is 5.13. The van der Waals surface area contributed by atoms with E-state index in [0.29, 0.717) is 5.69 Å². The Kier molecular flexibility index (Phi) is 3.56. The standard InChI is InChI=1S/C16H18N4O/c1-3-9-20-10-8-17-15(20)11-14(21)16-12-6-4-5-7-13(12)19(2)18-16/h4-8,10H,3,9,11H2,1-2H3. The van der Waals surface area contributed by atoms with Crippen LogP contribution in [-0.2, 0) is 20.0 Å². The fourth-order valence-electron chi connectivity index (χ4n) is 2.60. The van der Waals surface area contributed by atoms with Crippen LogP contribution in [0.1, 0.15) is 29.7 Å². The summed E-state index contributed by atoms with van der Waals surface area (Å²) in [6, 6.07) is 7.79. The molecule has 0 saturated carbocycles. The van der Waals surface area contributed by atoms with Crippen LogP contribution in [0.2, 0.25) is 0 Å². The minimum atomic E-state index is 0.00959. The van der Waals surface area contributed by atoms with Crippen LogP contribution >= 0.6 is 0 Å². The van der Waals surface area contributed by atoms with E-state index in [0.717, 1.165) is 29.7 Å². The average molecular weight is 282 g/mol. The smallest absolute Gasteiger partial charge is 0.191 e. The van der Waals surface area contributed by atoms with Crippen LogP contribution in [0.25, 0.3) is 10.9 Å². The molecular formula is C16H18N4O. The first-order valence-corrected chi connectivity index (χ1v) is 7.15. The zero-order valence-corrected chi connectivity index (χ0v) is 12.3. The maximum atomic E-state index is 12.6. The molecule has 1 aromatic carbocycles. The number of rotatable bonds is 5. The molecule has 0 bridgehead atoms. The number of aryl methyl sites for hydroxylation is 2. The SMILES string of the molecule is CCCn1ccnc1CC(=O)c1nn(C)c2ccccc12. The second kappa shape index (κ2) is 5.52. The Morgan fingerprint density at radius 3 is 2.90 bits per heavy atom. The first kappa shape index (κ1) is 13.5. The highest BCUT2D eigenvalue weighted by molar-refractivity contribution is 6.06. The summed E-state index contributed by atoms with van der Waals surface area (Å²) in [7, 11) is 1.86. The van der Waals surface area contributed by atoms with Crippen molar-refractivity contribution >= 4 is 16.7 Å². The number of Topliss-reactive ketones (excluding diaryl/α,β-unsaturated/α-hetero) is 1. The van der Waals surface area contributed by atoms with Crippen LogP contribution < -0.4 is 0 Å². The molecule has 0 aliphatic rings. The summed E-state index contributed by atoms with van der Waals surface area (Å²) in [6.45, 7) is 2.99. The maximum Gasteiger partial charge on any atom is 0.191 e. The highest BCUT2D eigenvalue weighted by atomic mass is 16.1. The molecule has 0 N–H and O–H groups in total. The van der Waals surface area contributed by atoms with Gasteiger partial charge in [-0.1, -0.05) is 25.1 Å². The van der Waals surface area contributed by atoms with E-state index in [1.54, 1.807) is 10.9 Å². The number of ketones is 1. The third kappa shape index (κ3) is 2.46. The third-order valence-corrected chi connectivity index (χ3v) is 3.61. The molecule has 0 atom stereocenters. The molecule has 21 heavy (non-hydrogen) atoms. The van der Waals surface area contributed by atoms with E-state index in [1.165, 1.54) is 0 Å². The van der Waals surface area contributed by atoms with Gasteiger partial charge in [-0.05, 0) is 12.5 Å². The molecule has 0 aliphatic heterocycles. The van der Waals surface area contributed by atoms with Crippen molar-refractivity contribution < 1.29 is 4.79 Å². The normalized spacial score (nSPS) is 11.1. The molecule has 0 radical (unpaired) electrons. The van der Waals surface area contributed by atoms with Crippen molar-refractivity contribution in [2.24, 2.45) is 7.05 Å². The van der Waals surface area contributed by atoms with Gasteiger partial charge < -0.3 is 4.57 Å². The molecule has 3 rings (SSSR count). The van der Waals surface area contributed by atoms with Crippen LogP contribution in [0, 0.1) is 0 Å². The highest BCUT2D eigenvalue weighted by Gasteiger charge is 2.18. The Balaban J connectivity index is 1.92. The molecule has 0 unspecified atom stereocenters. The predicted molar refractivity (Wildman–Crippen MR) is 81.3 cm³/mol. The summed E-state index contributed by atoms with van der Waals surface area (Å²) in [5.41, 5.74) is 1.50. The first-order valence-electron chi connectivity index (χ1n) is 7.15. The summed E-state index contributed by atoms with van der Waals surface area (Å²) in [6.07, 6.45) is 4.97. The quantitative estimate of drug-likeness (QED) is 0.676. The van der Waals surface area contributed by atoms with E-state index in [-0.39, 0.29) is 12.2 Å². The molecule has 2 heterocycles. The number of benzene rings is 1. The summed E-state index contributed by atoms with van der Waals surface area (Å²) >= 11 is 0. The largest absolute Gasteiger partial charge is 0.335 e. The monoisotopic (exact) mass is 282 g/mol. The Morgan fingerprint density at radius 1 is 1.29 bits per heavy atom. The molecule has 0 saturated heterocycles. The van der Waals surface area contributed by atoms with Crippen LogP contribution in [-0.4, -0.2) is 25.1 Å². The molecule has 3 aromatic rings. The lowest BCUT2D eigenvalue weighted by Crippen LogP contribution is -2.11. The van der Waals surface area contributed by atoms with E-state index in [1.807, 2.05) is 42.1 Å². The van der Waals surface area contributed by atoms with Crippen LogP contribution in [0.4, 0.5) is 0 Å². The Labute approximate surface area is 123 Å². The fraction of sp³-hybridized carbons (Fsp3) is 0.312. The number of fused-ring (bicyclic) bond motifs is 1. The summed E-state index contributed by atoms with van der Waals surface area (Å²) in [5, 5.41) is 5.28. The van der Waals surface area contributed by atoms with Gasteiger partial charge >= 0.3 is 0 Å². The molecular weight excluding hydrogens is 264 g/mol. The van der Waals surface area contributed by atoms with Gasteiger partial charge in [0.2, 0.25) is 0 Å². The maximum absolute atomic E-state index is 12.6. The van der Waals surface area contributed by atoms with E-state index >= 15 is 0 Å². The van der Waals surface area contributed by atoms with Gasteiger partial charge in [-0.2, -0.15) is 5.10 Å². The lowest BCUT2D eigenvalue weighted by atomic mass is 10.1. The Morgan fingerprint density at radius 2 is 2.10 bits per heavy atom. The van der Waals surface area contributed by atoms with E-state index in [4.69, 9.17) is 0 Å². The molecule has 2 aromatic heterocycles. The summed E-state index contributed by atoms with van der Waals surface area (Å²) < 4.78 is 3.78. The lowest BCUT2D eigenvalue weighted by molar-refractivity contribution is 0.0985. The van der Waals surface area contributed by atoms with Crippen molar-refractivity contribution in [1.29, 1.82) is 0 Å². The van der Waals surface area contributed by atoms with Gasteiger partial charge in [-0.15, -0.1) is 0 Å². The molecule has 5 heteroatoms. The molecule has 5 nitrogen and oxygen atoms in total. The first-order chi connectivity index (χ1) is 10.2. The molecule has 108 valence electrons. The number of aromatic nitrogens is 4. The topological polar surface area (TPSA) is 52.7 Å². The number of para-hydroxylation sites is 1. The van der Waals surface area contributed by atoms with Crippen molar-refractivity contribution in [2.45, 2.75) is 26.3 Å². The minimum Gasteiger partial charge on any atom is -0.335 e. The predicted octanol–water partition coefficient (Wildman–Crippen LogP) is 2.61. The van der Waals surface area contributed by atoms with Crippen molar-refractivity contribution in [3.8, 4) is 0 Å². The Bertz CT molecular complexity index is 785. The van der Waals surface area contributed by atoms with Gasteiger partial charge in [-0.25, -0.2) is 4.98 Å². The number of nitrogens with zero attached hydrogens (tertiary/aromatic N) is 4. The number of hydrogen-bond donors (Lipinski definition) is 0. The zero-order chi connectivity index (χ0) is 14.8. The number of carbonyl (C=O) groups is 1. The molecule has 0 fully saturated rings. The number of carbonyl (C=O) groups excluding carboxylic acids is 1. The third-order valence-electron chi connectivity index (χ3n) is 3.61.